The van der Waals surface area contributed by atoms with Crippen LogP contribution in [-0.2, 0) is 0 Å². The van der Waals surface area contributed by atoms with E-state index in [2.05, 4.69) is 80.8 Å². The first-order valence-electron chi connectivity index (χ1n) is 4.12. The van der Waals surface area contributed by atoms with Crippen molar-refractivity contribution in [1.29, 1.82) is 0 Å². The Morgan fingerprint density at radius 3 is 2.46 bits per heavy atom. The van der Waals surface area contributed by atoms with Crippen molar-refractivity contribution in [2.45, 2.75) is 10.5 Å². The third kappa shape index (κ3) is 2.37. The lowest BCUT2D eigenvalue weighted by Gasteiger charge is -2.07. The average molecular weight is 397 g/mol. The predicted molar refractivity (Wildman–Crippen MR) is 72.7 cm³/mol. The summed E-state index contributed by atoms with van der Waals surface area (Å²) >= 11 is 4.74. The predicted octanol–water partition coefficient (Wildman–Crippen LogP) is 3.39. The third-order valence-electron chi connectivity index (χ3n) is 2.00. The largest absolute Gasteiger partial charge is 0.373 e. The van der Waals surface area contributed by atoms with Crippen LogP contribution in [0.15, 0.2) is 30.3 Å². The molecule has 0 aliphatic carbocycles. The maximum Gasteiger partial charge on any atom is 0.0816 e. The highest BCUT2D eigenvalue weighted by Gasteiger charge is 2.12. The van der Waals surface area contributed by atoms with Gasteiger partial charge in [0.25, 0.3) is 0 Å². The van der Waals surface area contributed by atoms with Crippen LogP contribution in [0.25, 0.3) is 5.70 Å². The molecule has 13 heavy (non-hydrogen) atoms. The molecule has 2 rings (SSSR count). The Balaban J connectivity index is 2.22. The lowest BCUT2D eigenvalue weighted by molar-refractivity contribution is 0.893. The molecule has 0 bridgehead atoms. The fourth-order valence-corrected chi connectivity index (χ4v) is 2.29. The molecule has 1 aromatic carbocycles. The summed E-state index contributed by atoms with van der Waals surface area (Å²) in [6, 6.07) is 8.60. The van der Waals surface area contributed by atoms with Crippen molar-refractivity contribution in [2.75, 3.05) is 0 Å². The van der Waals surface area contributed by atoms with Gasteiger partial charge in [0.15, 0.2) is 0 Å². The minimum absolute atomic E-state index is 0.562. The van der Waals surface area contributed by atoms with Crippen LogP contribution in [0.2, 0.25) is 0 Å². The van der Waals surface area contributed by atoms with E-state index in [0.29, 0.717) is 4.05 Å². The maximum absolute atomic E-state index is 3.43. The molecule has 1 nitrogen and oxygen atoms in total. The van der Waals surface area contributed by atoms with Gasteiger partial charge in [-0.25, -0.2) is 0 Å². The average Bonchev–Trinajstić information content (AvgIpc) is 2.53. The molecule has 1 atom stereocenters. The Kier molecular flexibility index (Phi) is 3.13. The summed E-state index contributed by atoms with van der Waals surface area (Å²) in [4.78, 5) is 0. The van der Waals surface area contributed by atoms with E-state index in [1.807, 2.05) is 0 Å². The summed E-state index contributed by atoms with van der Waals surface area (Å²) in [6.45, 7) is 0. The van der Waals surface area contributed by atoms with Gasteiger partial charge in [-0.05, 0) is 46.7 Å². The fourth-order valence-electron chi connectivity index (χ4n) is 1.34. The van der Waals surface area contributed by atoms with Gasteiger partial charge in [0, 0.05) is 9.27 Å². The monoisotopic (exact) mass is 397 g/mol. The van der Waals surface area contributed by atoms with Crippen molar-refractivity contribution in [3.8, 4) is 0 Å². The molecule has 0 amide bonds. The van der Waals surface area contributed by atoms with Crippen LogP contribution < -0.4 is 5.32 Å². The molecule has 1 aliphatic rings. The molecular weight excluding hydrogens is 388 g/mol. The zero-order valence-corrected chi connectivity index (χ0v) is 11.2. The molecule has 0 radical (unpaired) electrons. The Morgan fingerprint density at radius 2 is 1.92 bits per heavy atom. The summed E-state index contributed by atoms with van der Waals surface area (Å²) in [5.41, 5.74) is 2.57. The van der Waals surface area contributed by atoms with Gasteiger partial charge in [-0.15, -0.1) is 0 Å². The highest BCUT2D eigenvalue weighted by molar-refractivity contribution is 14.1. The first-order chi connectivity index (χ1) is 6.25. The summed E-state index contributed by atoms with van der Waals surface area (Å²) < 4.78 is 1.85. The van der Waals surface area contributed by atoms with E-state index in [-0.39, 0.29) is 0 Å². The second kappa shape index (κ2) is 4.16. The van der Waals surface area contributed by atoms with Crippen LogP contribution in [0.3, 0.4) is 0 Å². The second-order valence-electron chi connectivity index (χ2n) is 2.97. The van der Waals surface area contributed by atoms with Gasteiger partial charge in [0.1, 0.15) is 0 Å². The second-order valence-corrected chi connectivity index (χ2v) is 5.72. The van der Waals surface area contributed by atoms with Gasteiger partial charge in [0.05, 0.1) is 4.05 Å². The Hall–Kier alpha value is 0.220. The Morgan fingerprint density at radius 1 is 1.23 bits per heavy atom. The number of halogens is 2. The molecule has 3 heteroatoms. The van der Waals surface area contributed by atoms with Crippen LogP contribution in [0.5, 0.6) is 0 Å². The van der Waals surface area contributed by atoms with Crippen molar-refractivity contribution in [3.63, 3.8) is 0 Å². The molecule has 1 unspecified atom stereocenters. The van der Waals surface area contributed by atoms with E-state index in [0.717, 1.165) is 6.42 Å². The number of rotatable bonds is 1. The summed E-state index contributed by atoms with van der Waals surface area (Å²) in [5, 5.41) is 3.43. The Bertz CT molecular complexity index is 329. The summed E-state index contributed by atoms with van der Waals surface area (Å²) in [7, 11) is 0. The van der Waals surface area contributed by atoms with Crippen molar-refractivity contribution in [3.05, 3.63) is 39.5 Å². The number of alkyl halides is 1. The number of benzene rings is 1. The van der Waals surface area contributed by atoms with Gasteiger partial charge in [-0.2, -0.15) is 0 Å². The lowest BCUT2D eigenvalue weighted by atomic mass is 10.2. The van der Waals surface area contributed by atoms with Crippen LogP contribution in [0.4, 0.5) is 0 Å². The van der Waals surface area contributed by atoms with E-state index < -0.39 is 0 Å². The molecule has 1 aliphatic heterocycles. The van der Waals surface area contributed by atoms with E-state index >= 15 is 0 Å². The summed E-state index contributed by atoms with van der Waals surface area (Å²) in [6.07, 6.45) is 3.39. The zero-order chi connectivity index (χ0) is 9.26. The van der Waals surface area contributed by atoms with Gasteiger partial charge in [-0.1, -0.05) is 40.8 Å². The standard InChI is InChI=1S/C10H9I2N/c11-8-3-1-7(2-4-8)9-5-6-10(12)13-9/h1-5,10,13H,6H2. The van der Waals surface area contributed by atoms with Crippen LogP contribution in [-0.4, -0.2) is 4.05 Å². The molecule has 0 fully saturated rings. The molecule has 0 saturated heterocycles. The highest BCUT2D eigenvalue weighted by atomic mass is 127. The SMILES string of the molecule is Ic1ccc(C2=CCC(I)N2)cc1. The van der Waals surface area contributed by atoms with Gasteiger partial charge >= 0.3 is 0 Å². The molecule has 0 saturated carbocycles. The highest BCUT2D eigenvalue weighted by Crippen LogP contribution is 2.22. The maximum atomic E-state index is 3.43. The number of hydrogen-bond donors (Lipinski definition) is 1. The number of hydrogen-bond acceptors (Lipinski definition) is 1. The van der Waals surface area contributed by atoms with Crippen LogP contribution in [0.1, 0.15) is 12.0 Å². The summed E-state index contributed by atoms with van der Waals surface area (Å²) in [5.74, 6) is 0. The Labute approximate surface area is 105 Å². The first kappa shape index (κ1) is 9.76. The number of nitrogens with one attached hydrogen (secondary N) is 1. The molecular formula is C10H9I2N. The van der Waals surface area contributed by atoms with Crippen molar-refractivity contribution in [2.24, 2.45) is 0 Å². The molecule has 0 aromatic heterocycles. The van der Waals surface area contributed by atoms with Gasteiger partial charge in [0.2, 0.25) is 0 Å². The first-order valence-corrected chi connectivity index (χ1v) is 6.45. The molecule has 68 valence electrons. The normalized spacial score (nSPS) is 21.1. The van der Waals surface area contributed by atoms with E-state index in [1.54, 1.807) is 0 Å². The van der Waals surface area contributed by atoms with Crippen LogP contribution in [0, 0.1) is 3.57 Å². The topological polar surface area (TPSA) is 12.0 Å². The fraction of sp³-hybridized carbons (Fsp3) is 0.200. The zero-order valence-electron chi connectivity index (χ0n) is 6.93. The van der Waals surface area contributed by atoms with E-state index in [4.69, 9.17) is 0 Å². The minimum Gasteiger partial charge on any atom is -0.373 e. The quantitative estimate of drug-likeness (QED) is 0.436. The molecule has 1 aromatic rings. The van der Waals surface area contributed by atoms with Crippen molar-refractivity contribution < 1.29 is 0 Å². The molecule has 0 spiro atoms. The van der Waals surface area contributed by atoms with Gasteiger partial charge in [-0.3, -0.25) is 0 Å². The molecule has 1 heterocycles. The van der Waals surface area contributed by atoms with Crippen molar-refractivity contribution in [1.82, 2.24) is 5.32 Å². The van der Waals surface area contributed by atoms with Crippen LogP contribution >= 0.6 is 45.2 Å². The smallest absolute Gasteiger partial charge is 0.0816 e. The van der Waals surface area contributed by atoms with E-state index in [9.17, 15) is 0 Å². The van der Waals surface area contributed by atoms with Gasteiger partial charge < -0.3 is 5.32 Å². The van der Waals surface area contributed by atoms with Crippen molar-refractivity contribution >= 4 is 50.9 Å². The minimum atomic E-state index is 0.562. The third-order valence-corrected chi connectivity index (χ3v) is 3.54. The molecule has 1 N–H and O–H groups in total. The lowest BCUT2D eigenvalue weighted by Crippen LogP contribution is -2.14. The van der Waals surface area contributed by atoms with E-state index in [1.165, 1.54) is 14.8 Å².